The van der Waals surface area contributed by atoms with Gasteiger partial charge < -0.3 is 19.1 Å². The lowest BCUT2D eigenvalue weighted by molar-refractivity contribution is 0.0328. The lowest BCUT2D eigenvalue weighted by Gasteiger charge is -2.22. The summed E-state index contributed by atoms with van der Waals surface area (Å²) in [6.07, 6.45) is 31.8. The Morgan fingerprint density at radius 2 is 0.795 bits per heavy atom. The Kier molecular flexibility index (Phi) is 32.7. The molecule has 5 heteroatoms. The van der Waals surface area contributed by atoms with Gasteiger partial charge in [-0.05, 0) is 12.8 Å². The van der Waals surface area contributed by atoms with E-state index < -0.39 is 0 Å². The van der Waals surface area contributed by atoms with Gasteiger partial charge in [0, 0.05) is 20.2 Å². The van der Waals surface area contributed by atoms with Crippen LogP contribution in [0.3, 0.4) is 0 Å². The molecule has 0 rings (SSSR count). The number of rotatable bonds is 32. The number of unbranched alkanes of at least 4 members (excludes halogenated alkanes) is 22. The standard InChI is InChI=1S/C34H69NO4/c1-4-6-8-10-12-14-16-18-20-22-24-26-28-35(34(36)39-33-32-38-31-30-37-3)29-27-25-23-21-19-17-15-13-11-9-7-5-2/h4-33H2,1-3H3. The van der Waals surface area contributed by atoms with E-state index in [-0.39, 0.29) is 6.09 Å². The Balaban J connectivity index is 3.98. The molecule has 0 aromatic rings. The summed E-state index contributed by atoms with van der Waals surface area (Å²) in [5.74, 6) is 0. The van der Waals surface area contributed by atoms with Gasteiger partial charge in [0.2, 0.25) is 0 Å². The zero-order chi connectivity index (χ0) is 28.5. The molecule has 0 saturated heterocycles. The first-order valence-electron chi connectivity index (χ1n) is 17.2. The molecule has 0 fully saturated rings. The van der Waals surface area contributed by atoms with E-state index in [2.05, 4.69) is 13.8 Å². The third-order valence-electron chi connectivity index (χ3n) is 7.71. The summed E-state index contributed by atoms with van der Waals surface area (Å²) in [7, 11) is 1.66. The summed E-state index contributed by atoms with van der Waals surface area (Å²) in [5, 5.41) is 0. The fourth-order valence-corrected chi connectivity index (χ4v) is 5.11. The molecular formula is C34H69NO4. The average molecular weight is 556 g/mol. The number of methoxy groups -OCH3 is 1. The van der Waals surface area contributed by atoms with Crippen LogP contribution < -0.4 is 0 Å². The van der Waals surface area contributed by atoms with Crippen molar-refractivity contribution in [2.75, 3.05) is 46.6 Å². The third-order valence-corrected chi connectivity index (χ3v) is 7.71. The number of amides is 1. The summed E-state index contributed by atoms with van der Waals surface area (Å²) in [5.41, 5.74) is 0. The van der Waals surface area contributed by atoms with E-state index in [1.165, 1.54) is 141 Å². The lowest BCUT2D eigenvalue weighted by atomic mass is 10.0. The summed E-state index contributed by atoms with van der Waals surface area (Å²) >= 11 is 0. The van der Waals surface area contributed by atoms with Crippen molar-refractivity contribution in [3.63, 3.8) is 0 Å². The van der Waals surface area contributed by atoms with Gasteiger partial charge in [0.25, 0.3) is 0 Å². The van der Waals surface area contributed by atoms with Crippen molar-refractivity contribution in [3.05, 3.63) is 0 Å². The first-order chi connectivity index (χ1) is 19.3. The van der Waals surface area contributed by atoms with E-state index in [0.29, 0.717) is 26.4 Å². The topological polar surface area (TPSA) is 48.0 Å². The summed E-state index contributed by atoms with van der Waals surface area (Å²) in [6.45, 7) is 8.05. The van der Waals surface area contributed by atoms with Crippen LogP contribution in [0.5, 0.6) is 0 Å². The molecule has 0 spiro atoms. The van der Waals surface area contributed by atoms with E-state index in [4.69, 9.17) is 14.2 Å². The summed E-state index contributed by atoms with van der Waals surface area (Å²) in [4.78, 5) is 14.7. The van der Waals surface area contributed by atoms with Gasteiger partial charge >= 0.3 is 6.09 Å². The number of ether oxygens (including phenoxy) is 3. The molecule has 0 bridgehead atoms. The maximum absolute atomic E-state index is 12.7. The smallest absolute Gasteiger partial charge is 0.409 e. The van der Waals surface area contributed by atoms with Gasteiger partial charge in [-0.3, -0.25) is 0 Å². The molecule has 0 aromatic heterocycles. The van der Waals surface area contributed by atoms with Crippen LogP contribution in [0.15, 0.2) is 0 Å². The molecule has 0 saturated carbocycles. The van der Waals surface area contributed by atoms with Gasteiger partial charge in [0.1, 0.15) is 6.61 Å². The Labute approximate surface area is 244 Å². The first kappa shape index (κ1) is 38.2. The van der Waals surface area contributed by atoms with Crippen molar-refractivity contribution >= 4 is 6.09 Å². The summed E-state index contributed by atoms with van der Waals surface area (Å²) in [6, 6.07) is 0. The van der Waals surface area contributed by atoms with Crippen LogP contribution in [0.4, 0.5) is 4.79 Å². The van der Waals surface area contributed by atoms with E-state index >= 15 is 0 Å². The van der Waals surface area contributed by atoms with Crippen molar-refractivity contribution in [1.82, 2.24) is 4.90 Å². The van der Waals surface area contributed by atoms with Crippen molar-refractivity contribution < 1.29 is 19.0 Å². The van der Waals surface area contributed by atoms with Gasteiger partial charge in [-0.15, -0.1) is 0 Å². The van der Waals surface area contributed by atoms with Crippen molar-refractivity contribution in [2.24, 2.45) is 0 Å². The maximum Gasteiger partial charge on any atom is 0.409 e. The molecule has 0 aliphatic carbocycles. The van der Waals surface area contributed by atoms with Gasteiger partial charge in [-0.1, -0.05) is 155 Å². The highest BCUT2D eigenvalue weighted by molar-refractivity contribution is 5.67. The minimum atomic E-state index is -0.170. The Morgan fingerprint density at radius 1 is 0.462 bits per heavy atom. The molecule has 0 heterocycles. The predicted molar refractivity (Wildman–Crippen MR) is 168 cm³/mol. The zero-order valence-electron chi connectivity index (χ0n) is 26.8. The Bertz CT molecular complexity index is 446. The molecule has 0 radical (unpaired) electrons. The lowest BCUT2D eigenvalue weighted by Crippen LogP contribution is -2.34. The first-order valence-corrected chi connectivity index (χ1v) is 17.2. The number of carbonyl (C=O) groups is 1. The van der Waals surface area contributed by atoms with Crippen LogP contribution in [-0.4, -0.2) is 57.6 Å². The van der Waals surface area contributed by atoms with Crippen molar-refractivity contribution in [3.8, 4) is 0 Å². The van der Waals surface area contributed by atoms with Crippen LogP contribution in [0.25, 0.3) is 0 Å². The Morgan fingerprint density at radius 3 is 1.15 bits per heavy atom. The highest BCUT2D eigenvalue weighted by Crippen LogP contribution is 2.14. The number of hydrogen-bond donors (Lipinski definition) is 0. The van der Waals surface area contributed by atoms with Crippen LogP contribution >= 0.6 is 0 Å². The Hall–Kier alpha value is -0.810. The number of nitrogens with zero attached hydrogens (tertiary/aromatic N) is 1. The van der Waals surface area contributed by atoms with Crippen LogP contribution in [0.1, 0.15) is 168 Å². The second-order valence-electron chi connectivity index (χ2n) is 11.5. The zero-order valence-corrected chi connectivity index (χ0v) is 26.8. The normalized spacial score (nSPS) is 11.3. The summed E-state index contributed by atoms with van der Waals surface area (Å²) < 4.78 is 15.9. The molecule has 0 aliphatic rings. The molecule has 0 N–H and O–H groups in total. The molecule has 0 aliphatic heterocycles. The molecule has 39 heavy (non-hydrogen) atoms. The number of carbonyl (C=O) groups excluding carboxylic acids is 1. The highest BCUT2D eigenvalue weighted by Gasteiger charge is 2.14. The van der Waals surface area contributed by atoms with Crippen LogP contribution in [-0.2, 0) is 14.2 Å². The molecular weight excluding hydrogens is 486 g/mol. The van der Waals surface area contributed by atoms with E-state index in [9.17, 15) is 4.79 Å². The SMILES string of the molecule is CCCCCCCCCCCCCCN(CCCCCCCCCCCCCC)C(=O)OCCOCCOC. The van der Waals surface area contributed by atoms with E-state index in [1.807, 2.05) is 4.90 Å². The van der Waals surface area contributed by atoms with Gasteiger partial charge in [-0.2, -0.15) is 0 Å². The van der Waals surface area contributed by atoms with Gasteiger partial charge in [0.05, 0.1) is 19.8 Å². The maximum atomic E-state index is 12.7. The molecule has 0 unspecified atom stereocenters. The van der Waals surface area contributed by atoms with Crippen LogP contribution in [0, 0.1) is 0 Å². The molecule has 234 valence electrons. The minimum absolute atomic E-state index is 0.170. The highest BCUT2D eigenvalue weighted by atomic mass is 16.6. The molecule has 5 nitrogen and oxygen atoms in total. The molecule has 0 atom stereocenters. The fraction of sp³-hybridized carbons (Fsp3) is 0.971. The molecule has 0 aromatic carbocycles. The van der Waals surface area contributed by atoms with Gasteiger partial charge in [0.15, 0.2) is 0 Å². The molecule has 1 amide bonds. The van der Waals surface area contributed by atoms with Crippen molar-refractivity contribution in [2.45, 2.75) is 168 Å². The van der Waals surface area contributed by atoms with Crippen molar-refractivity contribution in [1.29, 1.82) is 0 Å². The fourth-order valence-electron chi connectivity index (χ4n) is 5.11. The van der Waals surface area contributed by atoms with Crippen LogP contribution in [0.2, 0.25) is 0 Å². The predicted octanol–water partition coefficient (Wildman–Crippen LogP) is 10.5. The average Bonchev–Trinajstić information content (AvgIpc) is 2.94. The monoisotopic (exact) mass is 556 g/mol. The second-order valence-corrected chi connectivity index (χ2v) is 11.5. The third kappa shape index (κ3) is 30.0. The second kappa shape index (κ2) is 33.4. The number of hydrogen-bond acceptors (Lipinski definition) is 4. The van der Waals surface area contributed by atoms with Gasteiger partial charge in [-0.25, -0.2) is 4.79 Å². The minimum Gasteiger partial charge on any atom is -0.447 e. The van der Waals surface area contributed by atoms with E-state index in [0.717, 1.165) is 25.9 Å². The largest absolute Gasteiger partial charge is 0.447 e. The quantitative estimate of drug-likeness (QED) is 0.0775. The van der Waals surface area contributed by atoms with E-state index in [1.54, 1.807) is 7.11 Å².